The zero-order valence-corrected chi connectivity index (χ0v) is 9.90. The molecule has 1 aromatic heterocycles. The maximum atomic E-state index is 11.9. The lowest BCUT2D eigenvalue weighted by Gasteiger charge is -2.05. The third kappa shape index (κ3) is 2.91. The Labute approximate surface area is 101 Å². The minimum Gasteiger partial charge on any atom is -0.321 e. The van der Waals surface area contributed by atoms with Crippen molar-refractivity contribution in [2.75, 3.05) is 5.32 Å². The molecule has 1 amide bonds. The average molecular weight is 226 g/mol. The van der Waals surface area contributed by atoms with E-state index >= 15 is 0 Å². The van der Waals surface area contributed by atoms with Crippen LogP contribution in [0.3, 0.4) is 0 Å². The van der Waals surface area contributed by atoms with Crippen LogP contribution in [0.4, 0.5) is 5.69 Å². The fourth-order valence-corrected chi connectivity index (χ4v) is 1.61. The lowest BCUT2D eigenvalue weighted by Crippen LogP contribution is -2.12. The van der Waals surface area contributed by atoms with Crippen molar-refractivity contribution in [3.05, 3.63) is 59.4 Å². The predicted octanol–water partition coefficient (Wildman–Crippen LogP) is 2.95. The number of aromatic nitrogens is 1. The molecule has 1 aromatic carbocycles. The molecule has 17 heavy (non-hydrogen) atoms. The van der Waals surface area contributed by atoms with Crippen molar-refractivity contribution in [3.63, 3.8) is 0 Å². The normalized spacial score (nSPS) is 10.0. The Bertz CT molecular complexity index is 549. The van der Waals surface area contributed by atoms with Gasteiger partial charge in [-0.1, -0.05) is 17.7 Å². The van der Waals surface area contributed by atoms with Crippen molar-refractivity contribution in [3.8, 4) is 0 Å². The molecule has 1 N–H and O–H groups in total. The van der Waals surface area contributed by atoms with E-state index in [0.29, 0.717) is 5.56 Å². The molecule has 2 rings (SSSR count). The Morgan fingerprint density at radius 2 is 1.94 bits per heavy atom. The summed E-state index contributed by atoms with van der Waals surface area (Å²) in [5.74, 6) is -0.110. The molecule has 0 saturated carbocycles. The van der Waals surface area contributed by atoms with Gasteiger partial charge in [0.25, 0.3) is 5.91 Å². The number of hydrogen-bond donors (Lipinski definition) is 1. The number of nitrogens with one attached hydrogen (secondary N) is 1. The Balaban J connectivity index is 2.17. The molecular formula is C14H14N2O. The van der Waals surface area contributed by atoms with Crippen molar-refractivity contribution in [2.24, 2.45) is 0 Å². The van der Waals surface area contributed by atoms with Crippen LogP contribution in [0.25, 0.3) is 0 Å². The van der Waals surface area contributed by atoms with Gasteiger partial charge in [0.15, 0.2) is 0 Å². The lowest BCUT2D eigenvalue weighted by atomic mass is 10.1. The van der Waals surface area contributed by atoms with E-state index in [1.807, 2.05) is 38.1 Å². The quantitative estimate of drug-likeness (QED) is 0.855. The minimum absolute atomic E-state index is 0.110. The molecule has 0 aliphatic carbocycles. The highest BCUT2D eigenvalue weighted by Crippen LogP contribution is 2.10. The first kappa shape index (κ1) is 11.3. The summed E-state index contributed by atoms with van der Waals surface area (Å²) in [7, 11) is 0. The van der Waals surface area contributed by atoms with E-state index in [2.05, 4.69) is 10.3 Å². The van der Waals surface area contributed by atoms with Gasteiger partial charge < -0.3 is 5.32 Å². The van der Waals surface area contributed by atoms with Crippen LogP contribution in [0.15, 0.2) is 42.7 Å². The van der Waals surface area contributed by atoms with Crippen molar-refractivity contribution >= 4 is 11.6 Å². The first-order valence-corrected chi connectivity index (χ1v) is 5.45. The standard InChI is InChI=1S/C14H14N2O/c1-10-4-3-5-12(6-10)14(17)16-13-7-11(2)8-15-9-13/h3-9H,1-2H3,(H,16,17). The Hall–Kier alpha value is -2.16. The van der Waals surface area contributed by atoms with Crippen LogP contribution in [-0.4, -0.2) is 10.9 Å². The molecule has 0 spiro atoms. The molecule has 0 atom stereocenters. The Kier molecular flexibility index (Phi) is 3.19. The van der Waals surface area contributed by atoms with E-state index in [1.165, 1.54) is 0 Å². The van der Waals surface area contributed by atoms with Gasteiger partial charge in [-0.2, -0.15) is 0 Å². The van der Waals surface area contributed by atoms with Crippen LogP contribution >= 0.6 is 0 Å². The first-order chi connectivity index (χ1) is 8.15. The molecule has 1 heterocycles. The topological polar surface area (TPSA) is 42.0 Å². The third-order valence-electron chi connectivity index (χ3n) is 2.41. The van der Waals surface area contributed by atoms with Gasteiger partial charge in [-0.05, 0) is 37.6 Å². The monoisotopic (exact) mass is 226 g/mol. The van der Waals surface area contributed by atoms with Gasteiger partial charge in [0.05, 0.1) is 11.9 Å². The number of amides is 1. The number of carbonyl (C=O) groups excluding carboxylic acids is 1. The summed E-state index contributed by atoms with van der Waals surface area (Å²) in [6.45, 7) is 3.90. The summed E-state index contributed by atoms with van der Waals surface area (Å²) in [5.41, 5.74) is 3.47. The van der Waals surface area contributed by atoms with Gasteiger partial charge in [-0.3, -0.25) is 9.78 Å². The van der Waals surface area contributed by atoms with Crippen molar-refractivity contribution in [1.82, 2.24) is 4.98 Å². The average Bonchev–Trinajstić information content (AvgIpc) is 2.29. The predicted molar refractivity (Wildman–Crippen MR) is 68.1 cm³/mol. The smallest absolute Gasteiger partial charge is 0.255 e. The summed E-state index contributed by atoms with van der Waals surface area (Å²) in [6.07, 6.45) is 3.39. The molecule has 0 unspecified atom stereocenters. The van der Waals surface area contributed by atoms with E-state index in [1.54, 1.807) is 18.5 Å². The zero-order chi connectivity index (χ0) is 12.3. The molecule has 0 saturated heterocycles. The molecule has 0 aliphatic heterocycles. The number of hydrogen-bond acceptors (Lipinski definition) is 2. The Morgan fingerprint density at radius 1 is 1.12 bits per heavy atom. The van der Waals surface area contributed by atoms with Crippen LogP contribution in [0, 0.1) is 13.8 Å². The van der Waals surface area contributed by atoms with E-state index in [0.717, 1.165) is 16.8 Å². The molecule has 0 radical (unpaired) electrons. The van der Waals surface area contributed by atoms with Crippen molar-refractivity contribution in [2.45, 2.75) is 13.8 Å². The largest absolute Gasteiger partial charge is 0.321 e. The number of nitrogens with zero attached hydrogens (tertiary/aromatic N) is 1. The molecule has 3 heteroatoms. The summed E-state index contributed by atoms with van der Waals surface area (Å²) in [4.78, 5) is 16.0. The van der Waals surface area contributed by atoms with Crippen LogP contribution in [0.2, 0.25) is 0 Å². The van der Waals surface area contributed by atoms with Gasteiger partial charge in [-0.25, -0.2) is 0 Å². The van der Waals surface area contributed by atoms with Gasteiger partial charge in [0.1, 0.15) is 0 Å². The SMILES string of the molecule is Cc1cncc(NC(=O)c2cccc(C)c2)c1. The molecule has 86 valence electrons. The molecule has 0 fully saturated rings. The van der Waals surface area contributed by atoms with Crippen LogP contribution in [0.1, 0.15) is 21.5 Å². The number of anilines is 1. The number of carbonyl (C=O) groups is 1. The minimum atomic E-state index is -0.110. The second-order valence-electron chi connectivity index (χ2n) is 4.07. The highest BCUT2D eigenvalue weighted by Gasteiger charge is 2.05. The van der Waals surface area contributed by atoms with Crippen LogP contribution in [-0.2, 0) is 0 Å². The van der Waals surface area contributed by atoms with E-state index in [9.17, 15) is 4.79 Å². The van der Waals surface area contributed by atoms with E-state index in [4.69, 9.17) is 0 Å². The maximum absolute atomic E-state index is 11.9. The highest BCUT2D eigenvalue weighted by atomic mass is 16.1. The van der Waals surface area contributed by atoms with E-state index < -0.39 is 0 Å². The highest BCUT2D eigenvalue weighted by molar-refractivity contribution is 6.04. The number of pyridine rings is 1. The molecule has 2 aromatic rings. The number of benzene rings is 1. The second kappa shape index (κ2) is 4.78. The summed E-state index contributed by atoms with van der Waals surface area (Å²) < 4.78 is 0. The summed E-state index contributed by atoms with van der Waals surface area (Å²) in [6, 6.07) is 9.38. The van der Waals surface area contributed by atoms with Gasteiger partial charge in [0, 0.05) is 11.8 Å². The fraction of sp³-hybridized carbons (Fsp3) is 0.143. The van der Waals surface area contributed by atoms with Gasteiger partial charge in [-0.15, -0.1) is 0 Å². The first-order valence-electron chi connectivity index (χ1n) is 5.45. The van der Waals surface area contributed by atoms with Crippen molar-refractivity contribution in [1.29, 1.82) is 0 Å². The molecule has 0 bridgehead atoms. The summed E-state index contributed by atoms with van der Waals surface area (Å²) >= 11 is 0. The van der Waals surface area contributed by atoms with Crippen LogP contribution in [0.5, 0.6) is 0 Å². The van der Waals surface area contributed by atoms with Crippen molar-refractivity contribution < 1.29 is 4.79 Å². The fourth-order valence-electron chi connectivity index (χ4n) is 1.61. The van der Waals surface area contributed by atoms with Gasteiger partial charge >= 0.3 is 0 Å². The zero-order valence-electron chi connectivity index (χ0n) is 9.90. The van der Waals surface area contributed by atoms with Crippen LogP contribution < -0.4 is 5.32 Å². The second-order valence-corrected chi connectivity index (χ2v) is 4.07. The summed E-state index contributed by atoms with van der Waals surface area (Å²) in [5, 5.41) is 2.82. The third-order valence-corrected chi connectivity index (χ3v) is 2.41. The molecule has 0 aliphatic rings. The lowest BCUT2D eigenvalue weighted by molar-refractivity contribution is 0.102. The molecular weight excluding hydrogens is 212 g/mol. The number of aryl methyl sites for hydroxylation is 2. The number of rotatable bonds is 2. The molecule has 3 nitrogen and oxygen atoms in total. The maximum Gasteiger partial charge on any atom is 0.255 e. The van der Waals surface area contributed by atoms with Gasteiger partial charge in [0.2, 0.25) is 0 Å². The Morgan fingerprint density at radius 3 is 2.65 bits per heavy atom. The van der Waals surface area contributed by atoms with E-state index in [-0.39, 0.29) is 5.91 Å².